The summed E-state index contributed by atoms with van der Waals surface area (Å²) in [7, 11) is 0. The molecule has 1 unspecified atom stereocenters. The number of amides is 1. The number of carbonyl (C=O) groups is 1. The lowest BCUT2D eigenvalue weighted by atomic mass is 9.86. The first kappa shape index (κ1) is 16.6. The van der Waals surface area contributed by atoms with Gasteiger partial charge in [0.25, 0.3) is 0 Å². The molecule has 1 saturated carbocycles. The number of alkyl halides is 2. The molecule has 1 heterocycles. The van der Waals surface area contributed by atoms with Gasteiger partial charge >= 0.3 is 0 Å². The van der Waals surface area contributed by atoms with Crippen LogP contribution in [0.1, 0.15) is 39.0 Å². The van der Waals surface area contributed by atoms with Crippen LogP contribution >= 0.6 is 0 Å². The lowest BCUT2D eigenvalue weighted by molar-refractivity contribution is -0.141. The molecule has 2 rings (SSSR count). The van der Waals surface area contributed by atoms with Crippen molar-refractivity contribution in [3.63, 3.8) is 0 Å². The van der Waals surface area contributed by atoms with Crippen molar-refractivity contribution in [2.75, 3.05) is 32.8 Å². The number of rotatable bonds is 4. The number of piperazine rings is 1. The van der Waals surface area contributed by atoms with Crippen molar-refractivity contribution < 1.29 is 18.7 Å². The molecule has 1 saturated heterocycles. The Labute approximate surface area is 125 Å². The molecule has 0 radical (unpaired) electrons. The van der Waals surface area contributed by atoms with E-state index in [1.165, 1.54) is 0 Å². The monoisotopic (exact) mass is 304 g/mol. The van der Waals surface area contributed by atoms with E-state index in [9.17, 15) is 18.7 Å². The van der Waals surface area contributed by atoms with Gasteiger partial charge < -0.3 is 10.0 Å². The maximum Gasteiger partial charge on any atom is 0.248 e. The van der Waals surface area contributed by atoms with Gasteiger partial charge in [-0.25, -0.2) is 8.78 Å². The van der Waals surface area contributed by atoms with E-state index in [2.05, 4.69) is 4.90 Å². The number of aliphatic hydroxyl groups excluding tert-OH is 1. The second-order valence-corrected chi connectivity index (χ2v) is 6.24. The summed E-state index contributed by atoms with van der Waals surface area (Å²) in [5.41, 5.74) is 0. The van der Waals surface area contributed by atoms with Crippen LogP contribution in [0.4, 0.5) is 8.78 Å². The van der Waals surface area contributed by atoms with Gasteiger partial charge in [0.2, 0.25) is 11.8 Å². The summed E-state index contributed by atoms with van der Waals surface area (Å²) in [6.45, 7) is 4.98. The normalized spacial score (nSPS) is 25.8. The van der Waals surface area contributed by atoms with Crippen LogP contribution in [0.5, 0.6) is 0 Å². The molecule has 0 aromatic rings. The molecular formula is C15H26F2N2O2. The van der Waals surface area contributed by atoms with E-state index in [1.54, 1.807) is 0 Å². The van der Waals surface area contributed by atoms with Crippen LogP contribution in [-0.4, -0.2) is 65.6 Å². The average Bonchev–Trinajstić information content (AvgIpc) is 2.48. The molecule has 21 heavy (non-hydrogen) atoms. The highest BCUT2D eigenvalue weighted by Crippen LogP contribution is 2.36. The molecule has 4 nitrogen and oxygen atoms in total. The zero-order valence-electron chi connectivity index (χ0n) is 12.7. The SMILES string of the molecule is CCC(CO)N1CCN(C(=O)C2CCC(F)(F)CC2)CC1. The van der Waals surface area contributed by atoms with Crippen molar-refractivity contribution in [3.05, 3.63) is 0 Å². The summed E-state index contributed by atoms with van der Waals surface area (Å²) in [6.07, 6.45) is 1.18. The molecule has 0 bridgehead atoms. The number of carbonyl (C=O) groups excluding carboxylic acids is 1. The van der Waals surface area contributed by atoms with Gasteiger partial charge in [-0.2, -0.15) is 0 Å². The predicted molar refractivity (Wildman–Crippen MR) is 76.2 cm³/mol. The molecule has 1 N–H and O–H groups in total. The topological polar surface area (TPSA) is 43.8 Å². The van der Waals surface area contributed by atoms with E-state index in [0.29, 0.717) is 25.9 Å². The first-order valence-corrected chi connectivity index (χ1v) is 7.98. The minimum Gasteiger partial charge on any atom is -0.395 e. The Morgan fingerprint density at radius 3 is 2.29 bits per heavy atom. The summed E-state index contributed by atoms with van der Waals surface area (Å²) < 4.78 is 26.3. The van der Waals surface area contributed by atoms with Crippen LogP contribution in [-0.2, 0) is 4.79 Å². The van der Waals surface area contributed by atoms with Gasteiger partial charge in [0, 0.05) is 51.0 Å². The standard InChI is InChI=1S/C15H26F2N2O2/c1-2-13(11-20)18-7-9-19(10-8-18)14(21)12-3-5-15(16,17)6-4-12/h12-13,20H,2-11H2,1H3. The summed E-state index contributed by atoms with van der Waals surface area (Å²) >= 11 is 0. The van der Waals surface area contributed by atoms with Crippen molar-refractivity contribution >= 4 is 5.91 Å². The predicted octanol–water partition coefficient (Wildman–Crippen LogP) is 1.73. The molecule has 2 aliphatic rings. The third-order valence-electron chi connectivity index (χ3n) is 4.89. The smallest absolute Gasteiger partial charge is 0.248 e. The molecule has 1 atom stereocenters. The van der Waals surface area contributed by atoms with E-state index in [1.807, 2.05) is 11.8 Å². The van der Waals surface area contributed by atoms with Gasteiger partial charge in [-0.3, -0.25) is 9.69 Å². The van der Waals surface area contributed by atoms with Gasteiger partial charge in [-0.15, -0.1) is 0 Å². The molecule has 0 aromatic carbocycles. The lowest BCUT2D eigenvalue weighted by Gasteiger charge is -2.40. The second kappa shape index (κ2) is 7.01. The minimum absolute atomic E-state index is 0.0437. The molecule has 6 heteroatoms. The van der Waals surface area contributed by atoms with E-state index in [4.69, 9.17) is 0 Å². The Morgan fingerprint density at radius 2 is 1.81 bits per heavy atom. The highest BCUT2D eigenvalue weighted by Gasteiger charge is 2.39. The lowest BCUT2D eigenvalue weighted by Crippen LogP contribution is -2.54. The second-order valence-electron chi connectivity index (χ2n) is 6.24. The molecule has 122 valence electrons. The Kier molecular flexibility index (Phi) is 5.54. The Bertz CT molecular complexity index is 344. The fourth-order valence-electron chi connectivity index (χ4n) is 3.36. The van der Waals surface area contributed by atoms with Crippen molar-refractivity contribution in [1.82, 2.24) is 9.80 Å². The van der Waals surface area contributed by atoms with Gasteiger partial charge in [0.05, 0.1) is 6.61 Å². The fraction of sp³-hybridized carbons (Fsp3) is 0.933. The largest absolute Gasteiger partial charge is 0.395 e. The summed E-state index contributed by atoms with van der Waals surface area (Å²) in [5, 5.41) is 9.31. The van der Waals surface area contributed by atoms with Gasteiger partial charge in [0.15, 0.2) is 0 Å². The molecule has 1 aliphatic carbocycles. The Hall–Kier alpha value is -0.750. The van der Waals surface area contributed by atoms with Crippen LogP contribution in [0.3, 0.4) is 0 Å². The van der Waals surface area contributed by atoms with Gasteiger partial charge in [0.1, 0.15) is 0 Å². The first-order valence-electron chi connectivity index (χ1n) is 7.98. The van der Waals surface area contributed by atoms with E-state index in [0.717, 1.165) is 19.5 Å². The zero-order valence-corrected chi connectivity index (χ0v) is 12.7. The number of aliphatic hydroxyl groups is 1. The van der Waals surface area contributed by atoms with Crippen LogP contribution in [0.25, 0.3) is 0 Å². The summed E-state index contributed by atoms with van der Waals surface area (Å²) in [5.74, 6) is -2.76. The van der Waals surface area contributed by atoms with Crippen molar-refractivity contribution in [1.29, 1.82) is 0 Å². The third-order valence-corrected chi connectivity index (χ3v) is 4.89. The number of halogens is 2. The molecular weight excluding hydrogens is 278 g/mol. The zero-order chi connectivity index (χ0) is 15.5. The highest BCUT2D eigenvalue weighted by molar-refractivity contribution is 5.79. The first-order chi connectivity index (χ1) is 9.96. The van der Waals surface area contributed by atoms with Crippen molar-refractivity contribution in [2.24, 2.45) is 5.92 Å². The highest BCUT2D eigenvalue weighted by atomic mass is 19.3. The summed E-state index contributed by atoms with van der Waals surface area (Å²) in [6, 6.07) is 0.163. The molecule has 0 aromatic heterocycles. The quantitative estimate of drug-likeness (QED) is 0.860. The van der Waals surface area contributed by atoms with Gasteiger partial charge in [-0.1, -0.05) is 6.92 Å². The van der Waals surface area contributed by atoms with Crippen LogP contribution in [0, 0.1) is 5.92 Å². The molecule has 2 fully saturated rings. The van der Waals surface area contributed by atoms with Crippen molar-refractivity contribution in [3.8, 4) is 0 Å². The maximum atomic E-state index is 13.1. The molecule has 0 spiro atoms. The van der Waals surface area contributed by atoms with E-state index in [-0.39, 0.29) is 37.3 Å². The van der Waals surface area contributed by atoms with Crippen LogP contribution in [0.15, 0.2) is 0 Å². The Morgan fingerprint density at radius 1 is 1.24 bits per heavy atom. The van der Waals surface area contributed by atoms with E-state index >= 15 is 0 Å². The molecule has 1 amide bonds. The van der Waals surface area contributed by atoms with E-state index < -0.39 is 5.92 Å². The third kappa shape index (κ3) is 4.13. The summed E-state index contributed by atoms with van der Waals surface area (Å²) in [4.78, 5) is 16.4. The Balaban J connectivity index is 1.81. The average molecular weight is 304 g/mol. The minimum atomic E-state index is -2.58. The van der Waals surface area contributed by atoms with Crippen LogP contribution < -0.4 is 0 Å². The number of hydrogen-bond donors (Lipinski definition) is 1. The molecule has 1 aliphatic heterocycles. The van der Waals surface area contributed by atoms with Crippen molar-refractivity contribution in [2.45, 2.75) is 51.0 Å². The maximum absolute atomic E-state index is 13.1. The number of hydrogen-bond acceptors (Lipinski definition) is 3. The number of nitrogens with zero attached hydrogens (tertiary/aromatic N) is 2. The fourth-order valence-corrected chi connectivity index (χ4v) is 3.36. The van der Waals surface area contributed by atoms with Gasteiger partial charge in [-0.05, 0) is 19.3 Å². The van der Waals surface area contributed by atoms with Crippen LogP contribution in [0.2, 0.25) is 0 Å².